The van der Waals surface area contributed by atoms with E-state index in [0.717, 1.165) is 15.0 Å². The SMILES string of the molecule is Cc1nnc2sc(-c3ccc(Br)cc3)nn2c1=O. The molecular formula is C11H7BrN4OS. The molecule has 2 aromatic heterocycles. The van der Waals surface area contributed by atoms with E-state index in [2.05, 4.69) is 31.2 Å². The van der Waals surface area contributed by atoms with E-state index < -0.39 is 0 Å². The van der Waals surface area contributed by atoms with Gasteiger partial charge in [0.2, 0.25) is 4.96 Å². The highest BCUT2D eigenvalue weighted by molar-refractivity contribution is 9.10. The van der Waals surface area contributed by atoms with Gasteiger partial charge in [-0.2, -0.15) is 9.61 Å². The fourth-order valence-electron chi connectivity index (χ4n) is 1.50. The Morgan fingerprint density at radius 3 is 2.67 bits per heavy atom. The van der Waals surface area contributed by atoms with Crippen molar-refractivity contribution in [3.63, 3.8) is 0 Å². The fraction of sp³-hybridized carbons (Fsp3) is 0.0909. The van der Waals surface area contributed by atoms with Gasteiger partial charge in [-0.1, -0.05) is 39.4 Å². The lowest BCUT2D eigenvalue weighted by molar-refractivity contribution is 0.829. The van der Waals surface area contributed by atoms with Crippen LogP contribution in [0.4, 0.5) is 0 Å². The van der Waals surface area contributed by atoms with Gasteiger partial charge < -0.3 is 0 Å². The Kier molecular flexibility index (Phi) is 2.71. The quantitative estimate of drug-likeness (QED) is 0.689. The number of aryl methyl sites for hydroxylation is 1. The zero-order valence-corrected chi connectivity index (χ0v) is 11.7. The largest absolute Gasteiger partial charge is 0.296 e. The van der Waals surface area contributed by atoms with E-state index >= 15 is 0 Å². The van der Waals surface area contributed by atoms with Crippen LogP contribution in [0.15, 0.2) is 33.5 Å². The molecule has 2 heterocycles. The Hall–Kier alpha value is -1.60. The van der Waals surface area contributed by atoms with Gasteiger partial charge in [-0.15, -0.1) is 10.2 Å². The highest BCUT2D eigenvalue weighted by atomic mass is 79.9. The molecule has 0 fully saturated rings. The number of benzene rings is 1. The summed E-state index contributed by atoms with van der Waals surface area (Å²) >= 11 is 4.72. The predicted octanol–water partition coefficient (Wildman–Crippen LogP) is 2.28. The van der Waals surface area contributed by atoms with Crippen LogP contribution in [0.25, 0.3) is 15.5 Å². The average Bonchev–Trinajstić information content (AvgIpc) is 2.80. The number of nitrogens with zero attached hydrogens (tertiary/aromatic N) is 4. The van der Waals surface area contributed by atoms with E-state index in [-0.39, 0.29) is 5.56 Å². The molecule has 0 aliphatic heterocycles. The molecule has 7 heteroatoms. The Balaban J connectivity index is 2.22. The molecule has 0 spiro atoms. The molecule has 0 bridgehead atoms. The molecule has 0 aliphatic carbocycles. The first kappa shape index (κ1) is 11.5. The number of hydrogen-bond donors (Lipinski definition) is 0. The smallest absolute Gasteiger partial charge is 0.265 e. The molecule has 0 radical (unpaired) electrons. The molecule has 90 valence electrons. The van der Waals surface area contributed by atoms with Crippen LogP contribution < -0.4 is 5.56 Å². The van der Waals surface area contributed by atoms with Gasteiger partial charge in [0.05, 0.1) is 0 Å². The van der Waals surface area contributed by atoms with Gasteiger partial charge in [0.15, 0.2) is 0 Å². The molecule has 0 saturated carbocycles. The summed E-state index contributed by atoms with van der Waals surface area (Å²) in [5.74, 6) is 0. The van der Waals surface area contributed by atoms with Crippen LogP contribution >= 0.6 is 27.3 Å². The van der Waals surface area contributed by atoms with Gasteiger partial charge >= 0.3 is 0 Å². The van der Waals surface area contributed by atoms with Gasteiger partial charge in [0.25, 0.3) is 5.56 Å². The lowest BCUT2D eigenvalue weighted by Crippen LogP contribution is -2.19. The maximum absolute atomic E-state index is 11.8. The molecule has 0 amide bonds. The second-order valence-electron chi connectivity index (χ2n) is 3.70. The maximum atomic E-state index is 11.8. The van der Waals surface area contributed by atoms with Crippen LogP contribution in [0, 0.1) is 6.92 Å². The van der Waals surface area contributed by atoms with E-state index in [0.29, 0.717) is 10.7 Å². The standard InChI is InChI=1S/C11H7BrN4OS/c1-6-10(17)16-11(14-13-6)18-9(15-16)7-2-4-8(12)5-3-7/h2-5H,1H3. The van der Waals surface area contributed by atoms with Gasteiger partial charge in [-0.25, -0.2) is 0 Å². The molecule has 18 heavy (non-hydrogen) atoms. The Morgan fingerprint density at radius 2 is 1.94 bits per heavy atom. The molecule has 0 aliphatic rings. The minimum atomic E-state index is -0.223. The second-order valence-corrected chi connectivity index (χ2v) is 5.57. The summed E-state index contributed by atoms with van der Waals surface area (Å²) in [7, 11) is 0. The van der Waals surface area contributed by atoms with Crippen LogP contribution in [0.1, 0.15) is 5.69 Å². The van der Waals surface area contributed by atoms with Crippen molar-refractivity contribution in [1.29, 1.82) is 0 Å². The predicted molar refractivity (Wildman–Crippen MR) is 72.8 cm³/mol. The fourth-order valence-corrected chi connectivity index (χ4v) is 2.61. The molecule has 3 aromatic rings. The first-order valence-electron chi connectivity index (χ1n) is 5.14. The van der Waals surface area contributed by atoms with Gasteiger partial charge in [0, 0.05) is 10.0 Å². The number of halogens is 1. The van der Waals surface area contributed by atoms with Crippen LogP contribution in [0.5, 0.6) is 0 Å². The van der Waals surface area contributed by atoms with Gasteiger partial charge in [-0.05, 0) is 19.1 Å². The van der Waals surface area contributed by atoms with E-state index in [1.807, 2.05) is 24.3 Å². The summed E-state index contributed by atoms with van der Waals surface area (Å²) in [5.41, 5.74) is 1.07. The van der Waals surface area contributed by atoms with Crippen molar-refractivity contribution in [1.82, 2.24) is 19.8 Å². The summed E-state index contributed by atoms with van der Waals surface area (Å²) in [6.07, 6.45) is 0. The highest BCUT2D eigenvalue weighted by Gasteiger charge is 2.10. The van der Waals surface area contributed by atoms with Crippen molar-refractivity contribution < 1.29 is 0 Å². The lowest BCUT2D eigenvalue weighted by atomic mass is 10.2. The molecular weight excluding hydrogens is 316 g/mol. The molecule has 1 aromatic carbocycles. The van der Waals surface area contributed by atoms with E-state index in [1.54, 1.807) is 6.92 Å². The normalized spacial score (nSPS) is 11.0. The van der Waals surface area contributed by atoms with Crippen LogP contribution in [0.3, 0.4) is 0 Å². The zero-order chi connectivity index (χ0) is 12.7. The van der Waals surface area contributed by atoms with Crippen molar-refractivity contribution in [2.45, 2.75) is 6.92 Å². The number of hydrogen-bond acceptors (Lipinski definition) is 5. The van der Waals surface area contributed by atoms with Gasteiger partial charge in [-0.3, -0.25) is 4.79 Å². The topological polar surface area (TPSA) is 60.1 Å². The summed E-state index contributed by atoms with van der Waals surface area (Å²) in [4.78, 5) is 12.3. The van der Waals surface area contributed by atoms with Crippen molar-refractivity contribution in [2.24, 2.45) is 0 Å². The summed E-state index contributed by atoms with van der Waals surface area (Å²) in [6, 6.07) is 7.74. The Bertz CT molecular complexity index is 778. The molecule has 0 unspecified atom stereocenters. The Morgan fingerprint density at radius 1 is 1.22 bits per heavy atom. The molecule has 5 nitrogen and oxygen atoms in total. The number of fused-ring (bicyclic) bond motifs is 1. The van der Waals surface area contributed by atoms with E-state index in [9.17, 15) is 4.79 Å². The van der Waals surface area contributed by atoms with E-state index in [4.69, 9.17) is 0 Å². The molecule has 0 saturated heterocycles. The molecule has 0 N–H and O–H groups in total. The van der Waals surface area contributed by atoms with Crippen molar-refractivity contribution in [3.8, 4) is 10.6 Å². The number of rotatable bonds is 1. The third-order valence-electron chi connectivity index (χ3n) is 2.44. The summed E-state index contributed by atoms with van der Waals surface area (Å²) < 4.78 is 2.30. The highest BCUT2D eigenvalue weighted by Crippen LogP contribution is 2.25. The third kappa shape index (κ3) is 1.85. The summed E-state index contributed by atoms with van der Waals surface area (Å²) in [6.45, 7) is 1.63. The molecule has 0 atom stereocenters. The lowest BCUT2D eigenvalue weighted by Gasteiger charge is -1.94. The van der Waals surface area contributed by atoms with Crippen LogP contribution in [-0.2, 0) is 0 Å². The minimum absolute atomic E-state index is 0.223. The van der Waals surface area contributed by atoms with Crippen LogP contribution in [0.2, 0.25) is 0 Å². The van der Waals surface area contributed by atoms with Crippen molar-refractivity contribution in [2.75, 3.05) is 0 Å². The van der Waals surface area contributed by atoms with Crippen LogP contribution in [-0.4, -0.2) is 19.8 Å². The first-order valence-corrected chi connectivity index (χ1v) is 6.75. The third-order valence-corrected chi connectivity index (χ3v) is 3.92. The maximum Gasteiger partial charge on any atom is 0.296 e. The van der Waals surface area contributed by atoms with Crippen molar-refractivity contribution in [3.05, 3.63) is 44.8 Å². The molecule has 3 rings (SSSR count). The average molecular weight is 323 g/mol. The second kappa shape index (κ2) is 4.25. The zero-order valence-electron chi connectivity index (χ0n) is 9.29. The summed E-state index contributed by atoms with van der Waals surface area (Å²) in [5, 5.41) is 12.8. The minimum Gasteiger partial charge on any atom is -0.265 e. The van der Waals surface area contributed by atoms with Gasteiger partial charge in [0.1, 0.15) is 10.7 Å². The first-order chi connectivity index (χ1) is 8.65. The number of aromatic nitrogens is 4. The van der Waals surface area contributed by atoms with E-state index in [1.165, 1.54) is 15.9 Å². The monoisotopic (exact) mass is 322 g/mol. The van der Waals surface area contributed by atoms with Crippen molar-refractivity contribution >= 4 is 32.2 Å². The Labute approximate surface area is 114 Å².